The second-order valence-electron chi connectivity index (χ2n) is 8.43. The average molecular weight is 487 g/mol. The van der Waals surface area contributed by atoms with Crippen LogP contribution in [-0.4, -0.2) is 67.6 Å². The summed E-state index contributed by atoms with van der Waals surface area (Å²) in [6, 6.07) is 10.0. The van der Waals surface area contributed by atoms with Gasteiger partial charge in [-0.25, -0.2) is 13.8 Å². The van der Waals surface area contributed by atoms with Crippen LogP contribution in [0.2, 0.25) is 0 Å². The zero-order chi connectivity index (χ0) is 23.7. The summed E-state index contributed by atoms with van der Waals surface area (Å²) in [7, 11) is 0. The summed E-state index contributed by atoms with van der Waals surface area (Å²) < 4.78 is 33.1. The third kappa shape index (κ3) is 4.79. The molecule has 2 aliphatic rings. The Labute approximate surface area is 199 Å². The number of fused-ring (bicyclic) bond motifs is 1. The van der Waals surface area contributed by atoms with E-state index in [-0.39, 0.29) is 36.4 Å². The van der Waals surface area contributed by atoms with E-state index in [0.717, 1.165) is 13.1 Å². The normalized spacial score (nSPS) is 19.2. The molecular formula is C24H24F2N4O3S. The second-order valence-corrected chi connectivity index (χ2v) is 9.44. The molecule has 1 unspecified atom stereocenters. The summed E-state index contributed by atoms with van der Waals surface area (Å²) in [5, 5.41) is 0.492. The van der Waals surface area contributed by atoms with Crippen molar-refractivity contribution in [2.24, 2.45) is 5.92 Å². The van der Waals surface area contributed by atoms with Gasteiger partial charge in [-0.05, 0) is 42.5 Å². The maximum Gasteiger partial charge on any atom is 0.234 e. The highest BCUT2D eigenvalue weighted by molar-refractivity contribution is 7.22. The number of morpholine rings is 1. The first-order valence-corrected chi connectivity index (χ1v) is 12.0. The van der Waals surface area contributed by atoms with Crippen LogP contribution in [0.15, 0.2) is 42.5 Å². The number of amides is 2. The van der Waals surface area contributed by atoms with Crippen molar-refractivity contribution < 1.29 is 23.1 Å². The summed E-state index contributed by atoms with van der Waals surface area (Å²) in [6.45, 7) is 4.14. The van der Waals surface area contributed by atoms with Crippen LogP contribution in [0.1, 0.15) is 6.42 Å². The van der Waals surface area contributed by atoms with E-state index in [9.17, 15) is 18.4 Å². The lowest BCUT2D eigenvalue weighted by Crippen LogP contribution is -2.45. The molecule has 3 heterocycles. The van der Waals surface area contributed by atoms with Crippen molar-refractivity contribution >= 4 is 44.2 Å². The quantitative estimate of drug-likeness (QED) is 0.535. The summed E-state index contributed by atoms with van der Waals surface area (Å²) in [4.78, 5) is 36.3. The van der Waals surface area contributed by atoms with E-state index in [1.165, 1.54) is 40.5 Å². The molecule has 2 aliphatic heterocycles. The molecule has 0 radical (unpaired) electrons. The molecule has 2 saturated heterocycles. The highest BCUT2D eigenvalue weighted by Crippen LogP contribution is 2.32. The number of anilines is 2. The van der Waals surface area contributed by atoms with E-state index < -0.39 is 5.92 Å². The number of carbonyl (C=O) groups excluding carboxylic acids is 2. The van der Waals surface area contributed by atoms with Crippen LogP contribution < -0.4 is 9.80 Å². The molecule has 0 aliphatic carbocycles. The smallest absolute Gasteiger partial charge is 0.234 e. The number of thiazole rings is 1. The Balaban J connectivity index is 1.38. The molecule has 0 saturated carbocycles. The molecule has 5 rings (SSSR count). The van der Waals surface area contributed by atoms with E-state index in [4.69, 9.17) is 4.74 Å². The molecule has 0 spiro atoms. The van der Waals surface area contributed by atoms with Crippen LogP contribution >= 0.6 is 11.3 Å². The highest BCUT2D eigenvalue weighted by atomic mass is 32.1. The van der Waals surface area contributed by atoms with Crippen molar-refractivity contribution in [2.45, 2.75) is 6.42 Å². The Hall–Kier alpha value is -2.95. The predicted octanol–water partition coefficient (Wildman–Crippen LogP) is 3.29. The first-order chi connectivity index (χ1) is 16.5. The van der Waals surface area contributed by atoms with Crippen LogP contribution in [0.4, 0.5) is 19.6 Å². The lowest BCUT2D eigenvalue weighted by Gasteiger charge is -2.30. The minimum absolute atomic E-state index is 0.0732. The number of benzene rings is 2. The molecular weight excluding hydrogens is 462 g/mol. The molecule has 0 N–H and O–H groups in total. The van der Waals surface area contributed by atoms with Gasteiger partial charge in [-0.15, -0.1) is 0 Å². The zero-order valence-electron chi connectivity index (χ0n) is 18.5. The molecule has 34 heavy (non-hydrogen) atoms. The van der Waals surface area contributed by atoms with Gasteiger partial charge in [0.1, 0.15) is 11.6 Å². The van der Waals surface area contributed by atoms with E-state index >= 15 is 0 Å². The van der Waals surface area contributed by atoms with Crippen molar-refractivity contribution in [1.29, 1.82) is 0 Å². The first kappa shape index (κ1) is 22.8. The minimum atomic E-state index is -0.550. The van der Waals surface area contributed by atoms with Crippen LogP contribution in [0.25, 0.3) is 10.2 Å². The summed E-state index contributed by atoms with van der Waals surface area (Å²) in [5.41, 5.74) is 1.19. The Morgan fingerprint density at radius 3 is 2.62 bits per heavy atom. The van der Waals surface area contributed by atoms with Gasteiger partial charge in [-0.2, -0.15) is 0 Å². The van der Waals surface area contributed by atoms with E-state index in [0.29, 0.717) is 47.3 Å². The van der Waals surface area contributed by atoms with Crippen molar-refractivity contribution in [3.63, 3.8) is 0 Å². The third-order valence-electron chi connectivity index (χ3n) is 6.19. The van der Waals surface area contributed by atoms with Crippen molar-refractivity contribution in [3.8, 4) is 0 Å². The summed E-state index contributed by atoms with van der Waals surface area (Å²) in [6.07, 6.45) is 0.0732. The topological polar surface area (TPSA) is 66.0 Å². The minimum Gasteiger partial charge on any atom is -0.379 e. The zero-order valence-corrected chi connectivity index (χ0v) is 19.3. The molecule has 3 aromatic rings. The van der Waals surface area contributed by atoms with E-state index in [1.807, 2.05) is 0 Å². The summed E-state index contributed by atoms with van der Waals surface area (Å²) in [5.74, 6) is -1.66. The Kier molecular flexibility index (Phi) is 6.53. The number of aromatic nitrogens is 1. The van der Waals surface area contributed by atoms with Gasteiger partial charge in [0.05, 0.1) is 29.3 Å². The van der Waals surface area contributed by atoms with E-state index in [1.54, 1.807) is 23.1 Å². The molecule has 2 fully saturated rings. The number of hydrogen-bond acceptors (Lipinski definition) is 6. The van der Waals surface area contributed by atoms with Gasteiger partial charge in [-0.3, -0.25) is 19.4 Å². The third-order valence-corrected chi connectivity index (χ3v) is 7.23. The molecule has 10 heteroatoms. The number of nitrogens with zero attached hydrogens (tertiary/aromatic N) is 4. The molecule has 178 valence electrons. The number of hydrogen-bond donors (Lipinski definition) is 0. The van der Waals surface area contributed by atoms with Gasteiger partial charge in [0, 0.05) is 44.8 Å². The monoisotopic (exact) mass is 486 g/mol. The average Bonchev–Trinajstić information content (AvgIpc) is 3.43. The van der Waals surface area contributed by atoms with Crippen LogP contribution in [0, 0.1) is 17.6 Å². The Bertz CT molecular complexity index is 1200. The van der Waals surface area contributed by atoms with Crippen LogP contribution in [0.5, 0.6) is 0 Å². The number of ether oxygens (including phenoxy) is 1. The maximum atomic E-state index is 13.7. The standard InChI is InChI=1S/C24H24F2N4O3S/c25-17-1-4-19(5-2-17)30-15-16(13-22(30)31)23(32)29(8-7-28-9-11-33-12-10-28)24-27-20-6-3-18(26)14-21(20)34-24/h1-6,14,16H,7-13,15H2. The predicted molar refractivity (Wildman–Crippen MR) is 126 cm³/mol. The second kappa shape index (κ2) is 9.73. The van der Waals surface area contributed by atoms with Crippen molar-refractivity contribution in [2.75, 3.05) is 55.7 Å². The van der Waals surface area contributed by atoms with Crippen molar-refractivity contribution in [3.05, 3.63) is 54.1 Å². The van der Waals surface area contributed by atoms with Gasteiger partial charge in [-0.1, -0.05) is 11.3 Å². The molecule has 0 bridgehead atoms. The maximum absolute atomic E-state index is 13.7. The van der Waals surface area contributed by atoms with Crippen LogP contribution in [-0.2, 0) is 14.3 Å². The number of rotatable bonds is 6. The van der Waals surface area contributed by atoms with Crippen molar-refractivity contribution in [1.82, 2.24) is 9.88 Å². The molecule has 2 aromatic carbocycles. The fraction of sp³-hybridized carbons (Fsp3) is 0.375. The fourth-order valence-electron chi connectivity index (χ4n) is 4.33. The SMILES string of the molecule is O=C1CC(C(=O)N(CCN2CCOCC2)c2nc3ccc(F)cc3s2)CN1c1ccc(F)cc1. The molecule has 2 amide bonds. The number of halogens is 2. The number of carbonyl (C=O) groups is 2. The summed E-state index contributed by atoms with van der Waals surface area (Å²) >= 11 is 1.26. The van der Waals surface area contributed by atoms with Gasteiger partial charge in [0.15, 0.2) is 5.13 Å². The Morgan fingerprint density at radius 2 is 1.85 bits per heavy atom. The van der Waals surface area contributed by atoms with Gasteiger partial charge >= 0.3 is 0 Å². The fourth-order valence-corrected chi connectivity index (χ4v) is 5.35. The Morgan fingerprint density at radius 1 is 1.12 bits per heavy atom. The lowest BCUT2D eigenvalue weighted by molar-refractivity contribution is -0.124. The van der Waals surface area contributed by atoms with E-state index in [2.05, 4.69) is 9.88 Å². The molecule has 7 nitrogen and oxygen atoms in total. The van der Waals surface area contributed by atoms with Gasteiger partial charge < -0.3 is 9.64 Å². The molecule has 1 aromatic heterocycles. The lowest BCUT2D eigenvalue weighted by atomic mass is 10.1. The van der Waals surface area contributed by atoms with Gasteiger partial charge in [0.2, 0.25) is 11.8 Å². The largest absolute Gasteiger partial charge is 0.379 e. The first-order valence-electron chi connectivity index (χ1n) is 11.2. The van der Waals surface area contributed by atoms with Gasteiger partial charge in [0.25, 0.3) is 0 Å². The highest BCUT2D eigenvalue weighted by Gasteiger charge is 2.38. The van der Waals surface area contributed by atoms with Crippen LogP contribution in [0.3, 0.4) is 0 Å². The molecule has 1 atom stereocenters.